The van der Waals surface area contributed by atoms with Gasteiger partial charge >= 0.3 is 12.1 Å². The van der Waals surface area contributed by atoms with Gasteiger partial charge in [0.1, 0.15) is 0 Å². The van der Waals surface area contributed by atoms with Crippen molar-refractivity contribution in [3.63, 3.8) is 0 Å². The average Bonchev–Trinajstić information content (AvgIpc) is 3.29. The van der Waals surface area contributed by atoms with Gasteiger partial charge in [-0.25, -0.2) is 36.2 Å². The Labute approximate surface area is 364 Å². The van der Waals surface area contributed by atoms with E-state index in [4.69, 9.17) is 16.3 Å². The number of pyridine rings is 2. The minimum Gasteiger partial charge on any atom is -0.378 e. The van der Waals surface area contributed by atoms with E-state index >= 15 is 0 Å². The Kier molecular flexibility index (Phi) is 13.9. The third-order valence-corrected chi connectivity index (χ3v) is 12.8. The molecule has 4 N–H and O–H groups in total. The summed E-state index contributed by atoms with van der Waals surface area (Å²) in [5, 5.41) is 8.23. The van der Waals surface area contributed by atoms with Gasteiger partial charge in [0, 0.05) is 67.4 Å². The highest BCUT2D eigenvalue weighted by atomic mass is 35.5. The molecule has 0 spiro atoms. The highest BCUT2D eigenvalue weighted by Crippen LogP contribution is 2.27. The summed E-state index contributed by atoms with van der Waals surface area (Å²) in [5.41, 5.74) is 3.43. The molecule has 1 fully saturated rings. The predicted molar refractivity (Wildman–Crippen MR) is 236 cm³/mol. The number of sulfonamides is 2. The monoisotopic (exact) mass is 895 g/mol. The number of nitrogens with zero attached hydrogens (tertiary/aromatic N) is 5. The summed E-state index contributed by atoms with van der Waals surface area (Å²) in [5.74, 6) is 0. The van der Waals surface area contributed by atoms with Crippen LogP contribution in [0, 0.1) is 0 Å². The molecular weight excluding hydrogens is 854 g/mol. The zero-order valence-corrected chi connectivity index (χ0v) is 35.5. The van der Waals surface area contributed by atoms with E-state index in [1.807, 2.05) is 6.07 Å². The third kappa shape index (κ3) is 11.2. The Hall–Kier alpha value is -6.57. The second kappa shape index (κ2) is 19.9. The van der Waals surface area contributed by atoms with Crippen LogP contribution in [0.1, 0.15) is 16.7 Å². The number of rotatable bonds is 14. The first-order valence-electron chi connectivity index (χ1n) is 19.3. The first-order valence-corrected chi connectivity index (χ1v) is 22.6. The van der Waals surface area contributed by atoms with Crippen LogP contribution in [-0.2, 0) is 44.4 Å². The van der Waals surface area contributed by atoms with E-state index in [2.05, 4.69) is 34.9 Å². The number of amides is 4. The number of hydrogen-bond donors (Lipinski definition) is 4. The van der Waals surface area contributed by atoms with Crippen LogP contribution in [0.15, 0.2) is 156 Å². The van der Waals surface area contributed by atoms with Crippen LogP contribution in [-0.4, -0.2) is 70.2 Å². The normalized spacial score (nSPS) is 12.9. The van der Waals surface area contributed by atoms with E-state index < -0.39 is 32.1 Å². The maximum Gasteiger partial charge on any atom is 0.341 e. The molecule has 4 amide bonds. The summed E-state index contributed by atoms with van der Waals surface area (Å²) < 4.78 is 64.3. The van der Waals surface area contributed by atoms with Crippen LogP contribution < -0.4 is 30.0 Å². The number of morpholine rings is 1. The number of carbonyl (C=O) groups excluding carboxylic acids is 2. The smallest absolute Gasteiger partial charge is 0.341 e. The minimum absolute atomic E-state index is 0.0326. The van der Waals surface area contributed by atoms with E-state index in [1.54, 1.807) is 85.3 Å². The Morgan fingerprint density at radius 3 is 2.03 bits per heavy atom. The van der Waals surface area contributed by atoms with Gasteiger partial charge in [-0.05, 0) is 102 Å². The molecular formula is C43H42ClN9O7S2. The Balaban J connectivity index is 1.15. The number of hydrazine groups is 1. The fourth-order valence-corrected chi connectivity index (χ4v) is 8.65. The van der Waals surface area contributed by atoms with Gasteiger partial charge in [-0.2, -0.15) is 5.01 Å². The van der Waals surface area contributed by atoms with Crippen molar-refractivity contribution >= 4 is 66.5 Å². The molecule has 16 nitrogen and oxygen atoms in total. The van der Waals surface area contributed by atoms with Crippen LogP contribution >= 0.6 is 11.6 Å². The molecule has 1 aliphatic heterocycles. The third-order valence-electron chi connectivity index (χ3n) is 9.58. The van der Waals surface area contributed by atoms with Crippen molar-refractivity contribution in [1.82, 2.24) is 25.0 Å². The highest BCUT2D eigenvalue weighted by Gasteiger charge is 2.30. The number of anilines is 4. The van der Waals surface area contributed by atoms with Crippen molar-refractivity contribution in [1.29, 1.82) is 0 Å². The van der Waals surface area contributed by atoms with Gasteiger partial charge in [0.05, 0.1) is 40.9 Å². The van der Waals surface area contributed by atoms with Gasteiger partial charge in [0.15, 0.2) is 0 Å². The fourth-order valence-electron chi connectivity index (χ4n) is 6.39. The Morgan fingerprint density at radius 1 is 0.694 bits per heavy atom. The number of ether oxygens (including phenoxy) is 1. The molecule has 0 unspecified atom stereocenters. The molecule has 4 aromatic carbocycles. The molecule has 62 heavy (non-hydrogen) atoms. The Morgan fingerprint density at radius 2 is 1.35 bits per heavy atom. The maximum atomic E-state index is 14.4. The van der Waals surface area contributed by atoms with Crippen molar-refractivity contribution in [3.8, 4) is 0 Å². The van der Waals surface area contributed by atoms with Gasteiger partial charge in [0.25, 0.3) is 10.0 Å². The van der Waals surface area contributed by atoms with E-state index in [9.17, 15) is 26.4 Å². The molecule has 320 valence electrons. The summed E-state index contributed by atoms with van der Waals surface area (Å²) in [6.07, 6.45) is 6.29. The largest absolute Gasteiger partial charge is 0.378 e. The summed E-state index contributed by atoms with van der Waals surface area (Å²) >= 11 is 6.20. The number of aromatic nitrogens is 2. The lowest BCUT2D eigenvalue weighted by Gasteiger charge is -2.35. The SMILES string of the molecule is O=C(Nc1ccc(S(=O)(=O)NCc2ccccc2Cl)cc1)N(Cc1cccnc1)N(C(=O)NCc1cccnc1)c1ccc(S(=O)(=O)Nc2cccc(N3CCOCC3)c2)cc1. The second-order valence-electron chi connectivity index (χ2n) is 13.9. The van der Waals surface area contributed by atoms with Gasteiger partial charge in [-0.1, -0.05) is 48.0 Å². The zero-order chi connectivity index (χ0) is 43.5. The second-order valence-corrected chi connectivity index (χ2v) is 17.7. The predicted octanol–water partition coefficient (Wildman–Crippen LogP) is 6.61. The zero-order valence-electron chi connectivity index (χ0n) is 33.1. The molecule has 0 bridgehead atoms. The lowest BCUT2D eigenvalue weighted by molar-refractivity contribution is 0.122. The number of benzene rings is 4. The number of nitrogens with one attached hydrogen (secondary N) is 4. The number of carbonyl (C=O) groups is 2. The standard InChI is InChI=1S/C43H42ClN9O7S2/c44-41-11-2-1-8-34(41)30-48-61(56,57)39-16-12-35(13-17-39)49-43(55)52(31-33-7-5-21-46-28-33)53(42(54)47-29-32-6-4-20-45-27-32)37-14-18-40(19-15-37)62(58,59)50-36-9-3-10-38(26-36)51-22-24-60-25-23-51/h1-21,26-28,48,50H,22-25,29-31H2,(H,47,54)(H,49,55). The molecule has 0 radical (unpaired) electrons. The van der Waals surface area contributed by atoms with Crippen LogP contribution in [0.5, 0.6) is 0 Å². The topological polar surface area (TPSA) is 195 Å². The van der Waals surface area contributed by atoms with E-state index in [-0.39, 0.29) is 40.8 Å². The van der Waals surface area contributed by atoms with Crippen molar-refractivity contribution in [3.05, 3.63) is 168 Å². The first kappa shape index (κ1) is 43.5. The van der Waals surface area contributed by atoms with Crippen LogP contribution in [0.3, 0.4) is 0 Å². The quantitative estimate of drug-likeness (QED) is 0.0865. The van der Waals surface area contributed by atoms with Crippen LogP contribution in [0.2, 0.25) is 5.02 Å². The van der Waals surface area contributed by atoms with E-state index in [0.717, 1.165) is 15.7 Å². The summed E-state index contributed by atoms with van der Waals surface area (Å²) in [7, 11) is -8.07. The van der Waals surface area contributed by atoms with E-state index in [1.165, 1.54) is 54.7 Å². The molecule has 1 saturated heterocycles. The molecule has 6 aromatic rings. The summed E-state index contributed by atoms with van der Waals surface area (Å²) in [6, 6.07) is 30.4. The Bertz CT molecular complexity index is 2690. The minimum atomic E-state index is -4.10. The van der Waals surface area contributed by atoms with Crippen LogP contribution in [0.4, 0.5) is 32.3 Å². The number of halogens is 1. The van der Waals surface area contributed by atoms with Gasteiger partial charge < -0.3 is 20.3 Å². The van der Waals surface area contributed by atoms with Gasteiger partial charge in [-0.3, -0.25) is 14.7 Å². The van der Waals surface area contributed by atoms with Crippen molar-refractivity contribution < 1.29 is 31.2 Å². The van der Waals surface area contributed by atoms with Crippen LogP contribution in [0.25, 0.3) is 0 Å². The van der Waals surface area contributed by atoms with Crippen molar-refractivity contribution in [2.45, 2.75) is 29.4 Å². The molecule has 7 rings (SSSR count). The molecule has 19 heteroatoms. The fraction of sp³-hybridized carbons (Fsp3) is 0.163. The average molecular weight is 896 g/mol. The first-order chi connectivity index (χ1) is 29.9. The lowest BCUT2D eigenvalue weighted by Crippen LogP contribution is -2.54. The molecule has 2 aromatic heterocycles. The lowest BCUT2D eigenvalue weighted by atomic mass is 10.2. The van der Waals surface area contributed by atoms with Crippen molar-refractivity contribution in [2.24, 2.45) is 0 Å². The number of urea groups is 2. The van der Waals surface area contributed by atoms with Gasteiger partial charge in [-0.15, -0.1) is 0 Å². The highest BCUT2D eigenvalue weighted by molar-refractivity contribution is 7.92. The van der Waals surface area contributed by atoms with Gasteiger partial charge in [0.2, 0.25) is 10.0 Å². The number of hydrogen-bond acceptors (Lipinski definition) is 10. The maximum absolute atomic E-state index is 14.4. The molecule has 0 aliphatic carbocycles. The molecule has 1 aliphatic rings. The van der Waals surface area contributed by atoms with E-state index in [0.29, 0.717) is 53.7 Å². The summed E-state index contributed by atoms with van der Waals surface area (Å²) in [6.45, 7) is 2.36. The molecule has 3 heterocycles. The molecule has 0 atom stereocenters. The molecule has 0 saturated carbocycles. The van der Waals surface area contributed by atoms with Crippen molar-refractivity contribution in [2.75, 3.05) is 46.3 Å². The summed E-state index contributed by atoms with van der Waals surface area (Å²) in [4.78, 5) is 38.9.